The van der Waals surface area contributed by atoms with Gasteiger partial charge in [-0.25, -0.2) is 4.39 Å². The molecule has 0 aliphatic carbocycles. The van der Waals surface area contributed by atoms with Crippen LogP contribution in [0.1, 0.15) is 36.4 Å². The topological polar surface area (TPSA) is 95.9 Å². The number of fused-ring (bicyclic) bond motifs is 1. The summed E-state index contributed by atoms with van der Waals surface area (Å²) in [6.07, 6.45) is 0.141. The molecule has 7 nitrogen and oxygen atoms in total. The first kappa shape index (κ1) is 27.2. The van der Waals surface area contributed by atoms with Gasteiger partial charge in [0.25, 0.3) is 5.91 Å². The van der Waals surface area contributed by atoms with Crippen molar-refractivity contribution in [2.45, 2.75) is 58.0 Å². The van der Waals surface area contributed by atoms with Gasteiger partial charge in [-0.1, -0.05) is 31.8 Å². The molecule has 36 heavy (non-hydrogen) atoms. The lowest BCUT2D eigenvalue weighted by atomic mass is 9.91. The van der Waals surface area contributed by atoms with Crippen molar-refractivity contribution in [2.24, 2.45) is 0 Å². The lowest BCUT2D eigenvalue weighted by Crippen LogP contribution is -2.45. The van der Waals surface area contributed by atoms with Gasteiger partial charge in [-0.15, -0.1) is 0 Å². The van der Waals surface area contributed by atoms with E-state index in [9.17, 15) is 27.6 Å². The van der Waals surface area contributed by atoms with E-state index in [1.807, 2.05) is 19.6 Å². The van der Waals surface area contributed by atoms with E-state index in [0.29, 0.717) is 22.7 Å². The van der Waals surface area contributed by atoms with Crippen molar-refractivity contribution >= 4 is 36.7 Å². The predicted molar refractivity (Wildman–Crippen MR) is 131 cm³/mol. The molecule has 1 unspecified atom stereocenters. The molecule has 2 aromatic rings. The van der Waals surface area contributed by atoms with E-state index in [1.165, 1.54) is 29.2 Å². The maximum atomic E-state index is 14.7. The Bertz CT molecular complexity index is 1150. The van der Waals surface area contributed by atoms with Crippen molar-refractivity contribution < 1.29 is 37.4 Å². The van der Waals surface area contributed by atoms with Crippen LogP contribution in [0.4, 0.5) is 18.9 Å². The van der Waals surface area contributed by atoms with Gasteiger partial charge in [-0.2, -0.15) is 8.78 Å². The monoisotopic (exact) mass is 522 g/mol. The number of nitrogens with one attached hydrogen (secondary N) is 1. The maximum absolute atomic E-state index is 14.7. The minimum Gasteiger partial charge on any atom is -0.481 e. The molecule has 3 rings (SSSR count). The van der Waals surface area contributed by atoms with Crippen LogP contribution in [0.25, 0.3) is 0 Å². The number of benzene rings is 2. The number of ether oxygens (including phenoxy) is 1. The summed E-state index contributed by atoms with van der Waals surface area (Å²) in [7, 11) is -1.93. The van der Waals surface area contributed by atoms with Crippen LogP contribution in [-0.2, 0) is 20.8 Å². The number of amides is 2. The lowest BCUT2D eigenvalue weighted by molar-refractivity contribution is -0.140. The number of halogens is 3. The average molecular weight is 523 g/mol. The molecule has 0 radical (unpaired) electrons. The van der Waals surface area contributed by atoms with Crippen LogP contribution in [-0.4, -0.2) is 49.0 Å². The van der Waals surface area contributed by atoms with Gasteiger partial charge in [0.05, 0.1) is 8.07 Å². The van der Waals surface area contributed by atoms with E-state index in [2.05, 4.69) is 10.1 Å². The van der Waals surface area contributed by atoms with Gasteiger partial charge >= 0.3 is 12.6 Å². The van der Waals surface area contributed by atoms with E-state index in [4.69, 9.17) is 5.11 Å². The molecule has 0 aromatic heterocycles. The van der Waals surface area contributed by atoms with Crippen LogP contribution in [0.15, 0.2) is 36.4 Å². The molecular formula is C25H29F3N2O5Si. The molecular weight excluding hydrogens is 493 g/mol. The Morgan fingerprint density at radius 3 is 2.47 bits per heavy atom. The normalized spacial score (nSPS) is 15.4. The van der Waals surface area contributed by atoms with Gasteiger partial charge in [-0.3, -0.25) is 14.4 Å². The minimum absolute atomic E-state index is 0.0619. The van der Waals surface area contributed by atoms with Crippen LogP contribution >= 0.6 is 0 Å². The van der Waals surface area contributed by atoms with Crippen molar-refractivity contribution in [3.8, 4) is 5.75 Å². The second kappa shape index (κ2) is 11.1. The molecule has 0 fully saturated rings. The van der Waals surface area contributed by atoms with Crippen LogP contribution in [0.5, 0.6) is 5.75 Å². The number of aliphatic carboxylic acids is 1. The lowest BCUT2D eigenvalue weighted by Gasteiger charge is -2.36. The van der Waals surface area contributed by atoms with Crippen LogP contribution < -0.4 is 15.2 Å². The van der Waals surface area contributed by atoms with Crippen molar-refractivity contribution in [3.05, 3.63) is 53.3 Å². The molecule has 2 aromatic carbocycles. The second-order valence-electron chi connectivity index (χ2n) is 9.66. The van der Waals surface area contributed by atoms with E-state index in [1.54, 1.807) is 12.1 Å². The number of hydrogen-bond donors (Lipinski definition) is 2. The smallest absolute Gasteiger partial charge is 0.387 e. The summed E-state index contributed by atoms with van der Waals surface area (Å²) in [6, 6.07) is 7.57. The van der Waals surface area contributed by atoms with Crippen molar-refractivity contribution in [2.75, 3.05) is 11.9 Å². The summed E-state index contributed by atoms with van der Waals surface area (Å²) < 4.78 is 44.5. The van der Waals surface area contributed by atoms with Gasteiger partial charge in [0, 0.05) is 25.1 Å². The third-order valence-corrected chi connectivity index (χ3v) is 7.98. The molecule has 1 heterocycles. The van der Waals surface area contributed by atoms with Gasteiger partial charge in [0.15, 0.2) is 0 Å². The summed E-state index contributed by atoms with van der Waals surface area (Å²) in [6.45, 7) is 3.12. The number of rotatable bonds is 9. The summed E-state index contributed by atoms with van der Waals surface area (Å²) >= 11 is 0. The number of carbonyl (C=O) groups is 3. The van der Waals surface area contributed by atoms with E-state index >= 15 is 0 Å². The predicted octanol–water partition coefficient (Wildman–Crippen LogP) is 4.29. The first-order chi connectivity index (χ1) is 16.9. The molecule has 194 valence electrons. The van der Waals surface area contributed by atoms with Crippen LogP contribution in [0.3, 0.4) is 0 Å². The standard InChI is InChI=1S/C25H29F3N2O5Si/c1-36(2,3)20-10-7-16(14-19(20)26)29-24(34)23-18-9-8-17(35-25(27)28)13-15(18)11-12-30(23)21(31)5-4-6-22(32)33/h7-10,13-14,23,25H,4-6,11-12H2,1-3H3,(H,29,34)(H,32,33). The minimum atomic E-state index is -3.01. The molecule has 11 heteroatoms. The van der Waals surface area contributed by atoms with Crippen molar-refractivity contribution in [1.82, 2.24) is 4.90 Å². The highest BCUT2D eigenvalue weighted by molar-refractivity contribution is 6.88. The summed E-state index contributed by atoms with van der Waals surface area (Å²) in [5.74, 6) is -2.52. The Labute approximate surface area is 208 Å². The van der Waals surface area contributed by atoms with Crippen molar-refractivity contribution in [1.29, 1.82) is 0 Å². The van der Waals surface area contributed by atoms with E-state index in [0.717, 1.165) is 0 Å². The fraction of sp³-hybridized carbons (Fsp3) is 0.400. The Kier molecular flexibility index (Phi) is 8.44. The number of anilines is 1. The molecule has 2 N–H and O–H groups in total. The number of alkyl halides is 2. The number of hydrogen-bond acceptors (Lipinski definition) is 4. The molecule has 1 aliphatic heterocycles. The SMILES string of the molecule is C[Si](C)(C)c1ccc(NC(=O)C2c3ccc(OC(F)F)cc3CCN2C(=O)CCCC(=O)O)cc1F. The van der Waals surface area contributed by atoms with E-state index < -0.39 is 44.3 Å². The van der Waals surface area contributed by atoms with Crippen LogP contribution in [0.2, 0.25) is 19.6 Å². The van der Waals surface area contributed by atoms with Gasteiger partial charge < -0.3 is 20.1 Å². The molecule has 0 bridgehead atoms. The maximum Gasteiger partial charge on any atom is 0.387 e. The van der Waals surface area contributed by atoms with Gasteiger partial charge in [-0.05, 0) is 53.4 Å². The largest absolute Gasteiger partial charge is 0.481 e. The summed E-state index contributed by atoms with van der Waals surface area (Å²) in [5, 5.41) is 12.2. The van der Waals surface area contributed by atoms with Gasteiger partial charge in [0.1, 0.15) is 17.6 Å². The highest BCUT2D eigenvalue weighted by Gasteiger charge is 2.36. The fourth-order valence-electron chi connectivity index (χ4n) is 4.28. The number of carboxylic acids is 1. The Morgan fingerprint density at radius 2 is 1.86 bits per heavy atom. The molecule has 0 spiro atoms. The highest BCUT2D eigenvalue weighted by Crippen LogP contribution is 2.34. The summed E-state index contributed by atoms with van der Waals surface area (Å²) in [5.41, 5.74) is 1.23. The molecule has 1 aliphatic rings. The number of carbonyl (C=O) groups excluding carboxylic acids is 2. The Balaban J connectivity index is 1.91. The number of carboxylic acid groups (broad SMARTS) is 1. The zero-order chi connectivity index (χ0) is 26.6. The first-order valence-electron chi connectivity index (χ1n) is 11.6. The molecule has 1 atom stereocenters. The third-order valence-electron chi connectivity index (χ3n) is 5.96. The zero-order valence-electron chi connectivity index (χ0n) is 20.3. The van der Waals surface area contributed by atoms with E-state index in [-0.39, 0.29) is 37.2 Å². The third kappa shape index (κ3) is 6.65. The molecule has 0 saturated heterocycles. The first-order valence-corrected chi connectivity index (χ1v) is 15.1. The second-order valence-corrected chi connectivity index (χ2v) is 14.7. The van der Waals surface area contributed by atoms with Crippen LogP contribution in [0, 0.1) is 5.82 Å². The van der Waals surface area contributed by atoms with Gasteiger partial charge in [0.2, 0.25) is 5.91 Å². The number of nitrogens with zero attached hydrogens (tertiary/aromatic N) is 1. The quantitative estimate of drug-likeness (QED) is 0.479. The molecule has 2 amide bonds. The fourth-order valence-corrected chi connectivity index (χ4v) is 5.65. The Morgan fingerprint density at radius 1 is 1.14 bits per heavy atom. The summed E-state index contributed by atoms with van der Waals surface area (Å²) in [4.78, 5) is 38.6. The van der Waals surface area contributed by atoms with Crippen molar-refractivity contribution in [3.63, 3.8) is 0 Å². The average Bonchev–Trinajstić information content (AvgIpc) is 2.76. The highest BCUT2D eigenvalue weighted by atomic mass is 28.3. The molecule has 0 saturated carbocycles. The Hall–Kier alpha value is -3.34. The zero-order valence-corrected chi connectivity index (χ0v) is 21.3.